The van der Waals surface area contributed by atoms with Gasteiger partial charge in [-0.05, 0) is 61.1 Å². The maximum absolute atomic E-state index is 12.3. The minimum Gasteiger partial charge on any atom is -0.263 e. The minimum absolute atomic E-state index is 0.0777. The summed E-state index contributed by atoms with van der Waals surface area (Å²) in [6.07, 6.45) is 7.62. The van der Waals surface area contributed by atoms with Crippen LogP contribution in [-0.4, -0.2) is 19.9 Å². The Morgan fingerprint density at radius 1 is 1.13 bits per heavy atom. The first-order chi connectivity index (χ1) is 11.1. The molecule has 0 spiro atoms. The highest BCUT2D eigenvalue weighted by Crippen LogP contribution is 2.23. The largest absolute Gasteiger partial charge is 0.263 e. The maximum atomic E-state index is 12.3. The van der Waals surface area contributed by atoms with Crippen molar-refractivity contribution >= 4 is 10.0 Å². The van der Waals surface area contributed by atoms with Crippen molar-refractivity contribution < 1.29 is 8.42 Å². The van der Waals surface area contributed by atoms with E-state index in [-0.39, 0.29) is 6.54 Å². The van der Waals surface area contributed by atoms with Crippen molar-refractivity contribution in [1.82, 2.24) is 9.71 Å². The Labute approximate surface area is 137 Å². The zero-order valence-corrected chi connectivity index (χ0v) is 13.6. The molecule has 3 rings (SSSR count). The summed E-state index contributed by atoms with van der Waals surface area (Å²) in [6, 6.07) is 9.04. The number of rotatable bonds is 3. The zero-order valence-electron chi connectivity index (χ0n) is 12.7. The van der Waals surface area contributed by atoms with Gasteiger partial charge in [0.25, 0.3) is 0 Å². The third-order valence-corrected chi connectivity index (χ3v) is 5.27. The average molecular weight is 326 g/mol. The Balaban J connectivity index is 1.69. The highest BCUT2D eigenvalue weighted by atomic mass is 32.2. The van der Waals surface area contributed by atoms with E-state index in [9.17, 15) is 8.42 Å². The molecule has 4 nitrogen and oxygen atoms in total. The molecule has 2 aromatic rings. The highest BCUT2D eigenvalue weighted by Gasteiger charge is 2.16. The molecule has 0 bridgehead atoms. The summed E-state index contributed by atoms with van der Waals surface area (Å²) in [5.41, 5.74) is 3.19. The minimum atomic E-state index is -3.52. The zero-order chi connectivity index (χ0) is 16.1. The van der Waals surface area contributed by atoms with Crippen molar-refractivity contribution in [2.24, 2.45) is 0 Å². The molecule has 0 atom stereocenters. The molecule has 118 valence electrons. The number of sulfonamides is 1. The van der Waals surface area contributed by atoms with Gasteiger partial charge in [0, 0.05) is 18.0 Å². The first kappa shape index (κ1) is 15.7. The predicted octanol–water partition coefficient (Wildman–Crippen LogP) is 2.29. The standard InChI is InChI=1S/C18H18N2O2S/c21-23(22,20-12-4-6-15-5-3-11-19-14-15)18-10-9-16-7-1-2-8-17(16)13-18/h3,5,9-11,13-14,20H,1-2,7-8,12H2. The number of aryl methyl sites for hydroxylation is 2. The molecule has 0 unspecified atom stereocenters. The average Bonchev–Trinajstić information content (AvgIpc) is 2.59. The Kier molecular flexibility index (Phi) is 4.75. The van der Waals surface area contributed by atoms with Gasteiger partial charge < -0.3 is 0 Å². The fourth-order valence-corrected chi connectivity index (χ4v) is 3.65. The van der Waals surface area contributed by atoms with Crippen LogP contribution in [0, 0.1) is 11.8 Å². The summed E-state index contributed by atoms with van der Waals surface area (Å²) in [5, 5.41) is 0. The Morgan fingerprint density at radius 3 is 2.74 bits per heavy atom. The topological polar surface area (TPSA) is 59.1 Å². The molecule has 0 saturated heterocycles. The Hall–Kier alpha value is -2.16. The van der Waals surface area contributed by atoms with Crippen molar-refractivity contribution in [3.05, 3.63) is 59.4 Å². The number of benzene rings is 1. The van der Waals surface area contributed by atoms with Gasteiger partial charge in [-0.3, -0.25) is 4.98 Å². The van der Waals surface area contributed by atoms with Gasteiger partial charge in [-0.1, -0.05) is 17.9 Å². The van der Waals surface area contributed by atoms with Crippen LogP contribution in [0.3, 0.4) is 0 Å². The smallest absolute Gasteiger partial charge is 0.241 e. The summed E-state index contributed by atoms with van der Waals surface area (Å²) in [4.78, 5) is 4.28. The van der Waals surface area contributed by atoms with Gasteiger partial charge >= 0.3 is 0 Å². The summed E-state index contributed by atoms with van der Waals surface area (Å²) < 4.78 is 27.2. The monoisotopic (exact) mass is 326 g/mol. The molecule has 23 heavy (non-hydrogen) atoms. The lowest BCUT2D eigenvalue weighted by Gasteiger charge is -2.16. The fraction of sp³-hybridized carbons (Fsp3) is 0.278. The van der Waals surface area contributed by atoms with Crippen LogP contribution < -0.4 is 4.72 Å². The van der Waals surface area contributed by atoms with Crippen LogP contribution in [0.5, 0.6) is 0 Å². The quantitative estimate of drug-likeness (QED) is 0.881. The van der Waals surface area contributed by atoms with Crippen LogP contribution in [0.25, 0.3) is 0 Å². The summed E-state index contributed by atoms with van der Waals surface area (Å²) >= 11 is 0. The van der Waals surface area contributed by atoms with Gasteiger partial charge in [-0.15, -0.1) is 0 Å². The van der Waals surface area contributed by atoms with Crippen LogP contribution in [0.1, 0.15) is 29.5 Å². The molecule has 1 aliphatic rings. The number of aromatic nitrogens is 1. The summed E-state index contributed by atoms with van der Waals surface area (Å²) in [7, 11) is -3.52. The molecule has 1 heterocycles. The second-order valence-corrected chi connectivity index (χ2v) is 7.27. The van der Waals surface area contributed by atoms with Crippen LogP contribution in [0.15, 0.2) is 47.6 Å². The van der Waals surface area contributed by atoms with Gasteiger partial charge in [0.1, 0.15) is 0 Å². The number of fused-ring (bicyclic) bond motifs is 1. The van der Waals surface area contributed by atoms with E-state index in [0.717, 1.165) is 30.4 Å². The summed E-state index contributed by atoms with van der Waals surface area (Å²) in [6.45, 7) is 0.0777. The van der Waals surface area contributed by atoms with E-state index in [0.29, 0.717) is 4.90 Å². The van der Waals surface area contributed by atoms with E-state index in [2.05, 4.69) is 21.5 Å². The molecule has 1 aromatic carbocycles. The van der Waals surface area contributed by atoms with Crippen molar-refractivity contribution in [1.29, 1.82) is 0 Å². The normalized spacial score (nSPS) is 13.7. The van der Waals surface area contributed by atoms with Crippen LogP contribution in [0.2, 0.25) is 0 Å². The Morgan fingerprint density at radius 2 is 1.96 bits per heavy atom. The van der Waals surface area contributed by atoms with Gasteiger partial charge in [-0.2, -0.15) is 4.72 Å². The second kappa shape index (κ2) is 6.95. The molecule has 0 fully saturated rings. The number of hydrogen-bond acceptors (Lipinski definition) is 3. The van der Waals surface area contributed by atoms with Gasteiger partial charge in [0.2, 0.25) is 10.0 Å². The molecule has 0 aliphatic heterocycles. The SMILES string of the molecule is O=S(=O)(NCC#Cc1cccnc1)c1ccc2c(c1)CCCC2. The molecule has 1 aromatic heterocycles. The third-order valence-electron chi connectivity index (χ3n) is 3.88. The summed E-state index contributed by atoms with van der Waals surface area (Å²) in [5.74, 6) is 5.69. The van der Waals surface area contributed by atoms with E-state index in [1.54, 1.807) is 30.6 Å². The van der Waals surface area contributed by atoms with E-state index in [1.165, 1.54) is 12.0 Å². The van der Waals surface area contributed by atoms with Crippen LogP contribution >= 0.6 is 0 Å². The Bertz CT molecular complexity index is 850. The van der Waals surface area contributed by atoms with E-state index < -0.39 is 10.0 Å². The molecule has 0 radical (unpaired) electrons. The number of hydrogen-bond donors (Lipinski definition) is 1. The molecule has 5 heteroatoms. The van der Waals surface area contributed by atoms with Crippen molar-refractivity contribution in [2.75, 3.05) is 6.54 Å². The molecular formula is C18H18N2O2S. The number of nitrogens with one attached hydrogen (secondary N) is 1. The molecule has 1 aliphatic carbocycles. The first-order valence-electron chi connectivity index (χ1n) is 7.65. The second-order valence-electron chi connectivity index (χ2n) is 5.51. The lowest BCUT2D eigenvalue weighted by Crippen LogP contribution is -2.24. The van der Waals surface area contributed by atoms with Gasteiger partial charge in [0.15, 0.2) is 0 Å². The molecular weight excluding hydrogens is 308 g/mol. The first-order valence-corrected chi connectivity index (χ1v) is 9.14. The van der Waals surface area contributed by atoms with E-state index >= 15 is 0 Å². The van der Waals surface area contributed by atoms with Crippen LogP contribution in [0.4, 0.5) is 0 Å². The predicted molar refractivity (Wildman–Crippen MR) is 89.4 cm³/mol. The lowest BCUT2D eigenvalue weighted by atomic mass is 9.92. The molecule has 1 N–H and O–H groups in total. The number of pyridine rings is 1. The lowest BCUT2D eigenvalue weighted by molar-refractivity contribution is 0.585. The van der Waals surface area contributed by atoms with Gasteiger partial charge in [0.05, 0.1) is 11.4 Å². The van der Waals surface area contributed by atoms with Crippen molar-refractivity contribution in [2.45, 2.75) is 30.6 Å². The van der Waals surface area contributed by atoms with E-state index in [4.69, 9.17) is 0 Å². The highest BCUT2D eigenvalue weighted by molar-refractivity contribution is 7.89. The van der Waals surface area contributed by atoms with Crippen molar-refractivity contribution in [3.8, 4) is 11.8 Å². The molecule has 0 amide bonds. The third kappa shape index (κ3) is 3.98. The van der Waals surface area contributed by atoms with E-state index in [1.807, 2.05) is 12.1 Å². The maximum Gasteiger partial charge on any atom is 0.241 e. The van der Waals surface area contributed by atoms with Gasteiger partial charge in [-0.25, -0.2) is 8.42 Å². The van der Waals surface area contributed by atoms with Crippen LogP contribution in [-0.2, 0) is 22.9 Å². The van der Waals surface area contributed by atoms with Crippen molar-refractivity contribution in [3.63, 3.8) is 0 Å². The number of nitrogens with zero attached hydrogens (tertiary/aromatic N) is 1. The molecule has 0 saturated carbocycles. The fourth-order valence-electron chi connectivity index (χ4n) is 2.67.